The average molecular weight is 436 g/mol. The molecule has 10 heteroatoms. The van der Waals surface area contributed by atoms with Gasteiger partial charge in [-0.25, -0.2) is 22.7 Å². The Morgan fingerprint density at radius 3 is 2.55 bits per heavy atom. The van der Waals surface area contributed by atoms with Gasteiger partial charge in [0.1, 0.15) is 10.7 Å². The van der Waals surface area contributed by atoms with Crippen molar-refractivity contribution in [1.29, 1.82) is 0 Å². The highest BCUT2D eigenvalue weighted by Gasteiger charge is 2.24. The van der Waals surface area contributed by atoms with Gasteiger partial charge in [0.05, 0.1) is 4.90 Å². The lowest BCUT2D eigenvalue weighted by Gasteiger charge is -2.13. The molecule has 0 fully saturated rings. The summed E-state index contributed by atoms with van der Waals surface area (Å²) < 4.78 is 42.6. The van der Waals surface area contributed by atoms with Crippen LogP contribution in [0.15, 0.2) is 47.4 Å². The molecule has 7 nitrogen and oxygen atoms in total. The molecule has 1 aromatic heterocycles. The molecule has 1 heterocycles. The first kappa shape index (κ1) is 20.9. The third-order valence-corrected chi connectivity index (χ3v) is 6.32. The number of amides is 1. The van der Waals surface area contributed by atoms with Gasteiger partial charge in [-0.3, -0.25) is 4.79 Å². The Kier molecular flexibility index (Phi) is 5.69. The van der Waals surface area contributed by atoms with E-state index in [9.17, 15) is 22.4 Å². The Hall–Kier alpha value is -2.82. The molecular formula is C19H17FN2O5S2. The Bertz CT molecular complexity index is 1220. The SMILES string of the molecule is Cc1c(C(=O)OC(C)C(=O)Nc2cccc(S(N)(=O)=O)c2)sc2cccc(F)c12. The molecule has 0 aliphatic heterocycles. The first-order valence-electron chi connectivity index (χ1n) is 8.40. The van der Waals surface area contributed by atoms with Gasteiger partial charge in [-0.15, -0.1) is 11.3 Å². The highest BCUT2D eigenvalue weighted by molar-refractivity contribution is 7.89. The normalized spacial score (nSPS) is 12.6. The fourth-order valence-corrected chi connectivity index (χ4v) is 4.38. The second kappa shape index (κ2) is 7.90. The van der Waals surface area contributed by atoms with Gasteiger partial charge in [0.2, 0.25) is 10.0 Å². The van der Waals surface area contributed by atoms with Gasteiger partial charge >= 0.3 is 5.97 Å². The third-order valence-electron chi connectivity index (χ3n) is 4.17. The fourth-order valence-electron chi connectivity index (χ4n) is 2.71. The molecule has 0 saturated heterocycles. The number of hydrogen-bond acceptors (Lipinski definition) is 6. The van der Waals surface area contributed by atoms with E-state index < -0.39 is 33.8 Å². The zero-order chi connectivity index (χ0) is 21.3. The molecule has 0 bridgehead atoms. The lowest BCUT2D eigenvalue weighted by Crippen LogP contribution is -2.30. The summed E-state index contributed by atoms with van der Waals surface area (Å²) in [6.45, 7) is 2.99. The summed E-state index contributed by atoms with van der Waals surface area (Å²) in [5.41, 5.74) is 0.631. The second-order valence-corrected chi connectivity index (χ2v) is 8.89. The molecule has 2 aromatic carbocycles. The number of ether oxygens (including phenoxy) is 1. The van der Waals surface area contributed by atoms with E-state index in [1.165, 1.54) is 37.3 Å². The minimum atomic E-state index is -3.92. The number of fused-ring (bicyclic) bond motifs is 1. The van der Waals surface area contributed by atoms with E-state index in [0.717, 1.165) is 11.3 Å². The number of esters is 1. The number of thiophene rings is 1. The molecule has 0 saturated carbocycles. The number of carbonyl (C=O) groups is 2. The molecule has 1 unspecified atom stereocenters. The second-order valence-electron chi connectivity index (χ2n) is 6.28. The van der Waals surface area contributed by atoms with Crippen LogP contribution >= 0.6 is 11.3 Å². The van der Waals surface area contributed by atoms with E-state index >= 15 is 0 Å². The molecule has 1 amide bonds. The Labute approximate surface area is 170 Å². The summed E-state index contributed by atoms with van der Waals surface area (Å²) in [7, 11) is -3.92. The van der Waals surface area contributed by atoms with Crippen LogP contribution in [0.2, 0.25) is 0 Å². The smallest absolute Gasteiger partial charge is 0.349 e. The molecule has 3 rings (SSSR count). The van der Waals surface area contributed by atoms with E-state index in [1.807, 2.05) is 0 Å². The first-order valence-corrected chi connectivity index (χ1v) is 10.8. The van der Waals surface area contributed by atoms with Crippen LogP contribution in [0, 0.1) is 12.7 Å². The van der Waals surface area contributed by atoms with Crippen LogP contribution in [-0.4, -0.2) is 26.4 Å². The van der Waals surface area contributed by atoms with Gasteiger partial charge in [0.25, 0.3) is 5.91 Å². The Morgan fingerprint density at radius 2 is 1.90 bits per heavy atom. The van der Waals surface area contributed by atoms with Crippen LogP contribution in [0.5, 0.6) is 0 Å². The molecule has 0 aliphatic rings. The fraction of sp³-hybridized carbons (Fsp3) is 0.158. The molecule has 0 spiro atoms. The summed E-state index contributed by atoms with van der Waals surface area (Å²) >= 11 is 1.08. The van der Waals surface area contributed by atoms with Gasteiger partial charge in [0.15, 0.2) is 6.10 Å². The molecule has 29 heavy (non-hydrogen) atoms. The molecule has 1 atom stereocenters. The number of rotatable bonds is 5. The van der Waals surface area contributed by atoms with Crippen LogP contribution in [0.25, 0.3) is 10.1 Å². The van der Waals surface area contributed by atoms with Crippen molar-refractivity contribution in [3.05, 3.63) is 58.7 Å². The minimum absolute atomic E-state index is 0.164. The molecule has 3 N–H and O–H groups in total. The van der Waals surface area contributed by atoms with Crippen molar-refractivity contribution in [3.63, 3.8) is 0 Å². The van der Waals surface area contributed by atoms with Gasteiger partial charge in [-0.05, 0) is 49.7 Å². The van der Waals surface area contributed by atoms with Gasteiger partial charge in [0, 0.05) is 15.8 Å². The van der Waals surface area contributed by atoms with Gasteiger partial charge in [-0.2, -0.15) is 0 Å². The average Bonchev–Trinajstić information content (AvgIpc) is 2.99. The van der Waals surface area contributed by atoms with Crippen molar-refractivity contribution in [3.8, 4) is 0 Å². The third kappa shape index (κ3) is 4.44. The Balaban J connectivity index is 1.74. The molecular weight excluding hydrogens is 419 g/mol. The summed E-state index contributed by atoms with van der Waals surface area (Å²) in [6.07, 6.45) is -1.17. The summed E-state index contributed by atoms with van der Waals surface area (Å²) in [4.78, 5) is 24.9. The largest absolute Gasteiger partial charge is 0.448 e. The highest BCUT2D eigenvalue weighted by atomic mass is 32.2. The maximum absolute atomic E-state index is 14.0. The van der Waals surface area contributed by atoms with Gasteiger partial charge < -0.3 is 10.1 Å². The number of halogens is 1. The minimum Gasteiger partial charge on any atom is -0.448 e. The molecule has 3 aromatic rings. The predicted octanol–water partition coefficient (Wildman–Crippen LogP) is 3.18. The first-order chi connectivity index (χ1) is 13.6. The predicted molar refractivity (Wildman–Crippen MR) is 108 cm³/mol. The van der Waals surface area contributed by atoms with Crippen molar-refractivity contribution in [1.82, 2.24) is 0 Å². The van der Waals surface area contributed by atoms with Crippen molar-refractivity contribution in [2.24, 2.45) is 5.14 Å². The highest BCUT2D eigenvalue weighted by Crippen LogP contribution is 2.33. The number of nitrogens with one attached hydrogen (secondary N) is 1. The summed E-state index contributed by atoms with van der Waals surface area (Å²) in [6, 6.07) is 9.93. The van der Waals surface area contributed by atoms with Crippen molar-refractivity contribution in [2.75, 3.05) is 5.32 Å². The molecule has 152 valence electrons. The van der Waals surface area contributed by atoms with Crippen molar-refractivity contribution in [2.45, 2.75) is 24.8 Å². The van der Waals surface area contributed by atoms with Crippen LogP contribution < -0.4 is 10.5 Å². The summed E-state index contributed by atoms with van der Waals surface area (Å²) in [5.74, 6) is -1.84. The lowest BCUT2D eigenvalue weighted by atomic mass is 10.1. The maximum atomic E-state index is 14.0. The number of nitrogens with two attached hydrogens (primary N) is 1. The topological polar surface area (TPSA) is 116 Å². The number of benzene rings is 2. The standard InChI is InChI=1S/C19H17FN2O5S2/c1-10-16-14(20)7-4-8-15(16)28-17(10)19(24)27-11(2)18(23)22-12-5-3-6-13(9-12)29(21,25)26/h3-9,11H,1-2H3,(H,22,23)(H2,21,25,26). The number of hydrogen-bond donors (Lipinski definition) is 2. The summed E-state index contributed by atoms with van der Waals surface area (Å²) in [5, 5.41) is 7.88. The van der Waals surface area contributed by atoms with E-state index in [2.05, 4.69) is 5.32 Å². The van der Waals surface area contributed by atoms with Gasteiger partial charge in [-0.1, -0.05) is 12.1 Å². The van der Waals surface area contributed by atoms with Crippen LogP contribution in [0.1, 0.15) is 22.2 Å². The van der Waals surface area contributed by atoms with E-state index in [0.29, 0.717) is 15.6 Å². The Morgan fingerprint density at radius 1 is 1.21 bits per heavy atom. The lowest BCUT2D eigenvalue weighted by molar-refractivity contribution is -0.123. The van der Waals surface area contributed by atoms with E-state index in [1.54, 1.807) is 19.1 Å². The van der Waals surface area contributed by atoms with Crippen LogP contribution in [0.3, 0.4) is 0 Å². The van der Waals surface area contributed by atoms with Crippen LogP contribution in [0.4, 0.5) is 10.1 Å². The monoisotopic (exact) mass is 436 g/mol. The zero-order valence-electron chi connectivity index (χ0n) is 15.4. The van der Waals surface area contributed by atoms with E-state index in [4.69, 9.17) is 9.88 Å². The number of primary sulfonamides is 1. The number of aryl methyl sites for hydroxylation is 1. The van der Waals surface area contributed by atoms with Crippen LogP contribution in [-0.2, 0) is 19.6 Å². The number of anilines is 1. The molecule has 0 radical (unpaired) electrons. The number of carbonyl (C=O) groups excluding carboxylic acids is 2. The molecule has 0 aliphatic carbocycles. The van der Waals surface area contributed by atoms with Crippen molar-refractivity contribution < 1.29 is 27.1 Å². The van der Waals surface area contributed by atoms with Crippen molar-refractivity contribution >= 4 is 49.0 Å². The maximum Gasteiger partial charge on any atom is 0.349 e. The number of sulfonamides is 1. The zero-order valence-corrected chi connectivity index (χ0v) is 17.1. The van der Waals surface area contributed by atoms with E-state index in [-0.39, 0.29) is 15.5 Å². The quantitative estimate of drug-likeness (QED) is 0.596.